The first-order chi connectivity index (χ1) is 10.9. The van der Waals surface area contributed by atoms with Crippen LogP contribution in [0.4, 0.5) is 4.79 Å². The van der Waals surface area contributed by atoms with Crippen LogP contribution in [0.1, 0.15) is 54.9 Å². The number of amides is 2. The minimum absolute atomic E-state index is 0.122. The predicted octanol–water partition coefficient (Wildman–Crippen LogP) is 2.24. The second-order valence-electron chi connectivity index (χ2n) is 7.26. The van der Waals surface area contributed by atoms with Gasteiger partial charge in [-0.15, -0.1) is 0 Å². The fourth-order valence-electron chi connectivity index (χ4n) is 2.00. The minimum atomic E-state index is -0.796. The molecule has 0 unspecified atom stereocenters. The van der Waals surface area contributed by atoms with Gasteiger partial charge in [-0.2, -0.15) is 0 Å². The van der Waals surface area contributed by atoms with E-state index in [1.165, 1.54) is 7.11 Å². The molecule has 0 radical (unpaired) electrons. The van der Waals surface area contributed by atoms with Crippen LogP contribution in [0.3, 0.4) is 0 Å². The van der Waals surface area contributed by atoms with Gasteiger partial charge in [0.1, 0.15) is 17.7 Å². The normalized spacial score (nSPS) is 15.2. The Kier molecular flexibility index (Phi) is 8.78. The highest BCUT2D eigenvalue weighted by atomic mass is 16.6. The van der Waals surface area contributed by atoms with Crippen molar-refractivity contribution >= 4 is 18.0 Å². The van der Waals surface area contributed by atoms with Gasteiger partial charge in [-0.05, 0) is 32.6 Å². The van der Waals surface area contributed by atoms with Gasteiger partial charge in [-0.1, -0.05) is 34.1 Å². The highest BCUT2D eigenvalue weighted by Gasteiger charge is 2.32. The Hall–Kier alpha value is -1.79. The molecule has 0 aromatic rings. The number of esters is 1. The molecule has 0 rings (SSSR count). The van der Waals surface area contributed by atoms with Crippen molar-refractivity contribution in [2.45, 2.75) is 72.6 Å². The van der Waals surface area contributed by atoms with Crippen LogP contribution in [0.5, 0.6) is 0 Å². The van der Waals surface area contributed by atoms with Crippen molar-refractivity contribution in [3.63, 3.8) is 0 Å². The monoisotopic (exact) mass is 344 g/mol. The zero-order chi connectivity index (χ0) is 19.1. The lowest BCUT2D eigenvalue weighted by Gasteiger charge is -2.28. The number of carbonyl (C=O) groups is 3. The maximum absolute atomic E-state index is 12.6. The molecule has 3 atom stereocenters. The molecule has 7 heteroatoms. The van der Waals surface area contributed by atoms with Gasteiger partial charge in [0.15, 0.2) is 0 Å². The average molecular weight is 344 g/mol. The molecule has 0 aliphatic carbocycles. The molecule has 0 aromatic heterocycles. The molecule has 0 saturated carbocycles. The Morgan fingerprint density at radius 2 is 1.54 bits per heavy atom. The lowest BCUT2D eigenvalue weighted by atomic mass is 9.97. The second kappa shape index (κ2) is 9.49. The quantitative estimate of drug-likeness (QED) is 0.691. The van der Waals surface area contributed by atoms with Crippen LogP contribution >= 0.6 is 0 Å². The molecular formula is C17H32N2O5. The summed E-state index contributed by atoms with van der Waals surface area (Å²) in [5.74, 6) is -1.21. The molecule has 24 heavy (non-hydrogen) atoms. The summed E-state index contributed by atoms with van der Waals surface area (Å²) in [7, 11) is 1.27. The molecule has 0 bridgehead atoms. The number of rotatable bonds is 7. The first kappa shape index (κ1) is 22.2. The predicted molar refractivity (Wildman–Crippen MR) is 91.4 cm³/mol. The number of hydrogen-bond acceptors (Lipinski definition) is 5. The van der Waals surface area contributed by atoms with E-state index >= 15 is 0 Å². The van der Waals surface area contributed by atoms with Crippen LogP contribution < -0.4 is 10.6 Å². The number of nitrogens with one attached hydrogen (secondary N) is 2. The third kappa shape index (κ3) is 7.66. The summed E-state index contributed by atoms with van der Waals surface area (Å²) >= 11 is 0. The van der Waals surface area contributed by atoms with Crippen LogP contribution in [0.15, 0.2) is 0 Å². The van der Waals surface area contributed by atoms with E-state index in [4.69, 9.17) is 9.47 Å². The van der Waals surface area contributed by atoms with Crippen molar-refractivity contribution in [3.05, 3.63) is 0 Å². The van der Waals surface area contributed by atoms with Crippen molar-refractivity contribution in [2.75, 3.05) is 7.11 Å². The fraction of sp³-hybridized carbons (Fsp3) is 0.824. The minimum Gasteiger partial charge on any atom is -0.467 e. The standard InChI is InChI=1S/C17H32N2O5/c1-9-11(4)13(19-16(22)24-17(5,6)7)14(20)18-12(10(2)3)15(21)23-8/h10-13H,9H2,1-8H3,(H,18,20)(H,19,22)/t11-,12+,13+/m1/s1. The van der Waals surface area contributed by atoms with E-state index in [2.05, 4.69) is 10.6 Å². The molecule has 2 N–H and O–H groups in total. The molecule has 0 fully saturated rings. The number of carbonyl (C=O) groups excluding carboxylic acids is 3. The second-order valence-corrected chi connectivity index (χ2v) is 7.26. The van der Waals surface area contributed by atoms with E-state index in [9.17, 15) is 14.4 Å². The van der Waals surface area contributed by atoms with Crippen molar-refractivity contribution < 1.29 is 23.9 Å². The molecule has 0 heterocycles. The van der Waals surface area contributed by atoms with E-state index in [-0.39, 0.29) is 11.8 Å². The summed E-state index contributed by atoms with van der Waals surface area (Å²) in [4.78, 5) is 36.4. The third-order valence-corrected chi connectivity index (χ3v) is 3.59. The van der Waals surface area contributed by atoms with Crippen LogP contribution in [0, 0.1) is 11.8 Å². The molecule has 2 amide bonds. The van der Waals surface area contributed by atoms with Crippen LogP contribution in [0.2, 0.25) is 0 Å². The Morgan fingerprint density at radius 3 is 1.92 bits per heavy atom. The molecule has 140 valence electrons. The highest BCUT2D eigenvalue weighted by Crippen LogP contribution is 2.12. The molecule has 0 aliphatic rings. The molecule has 7 nitrogen and oxygen atoms in total. The lowest BCUT2D eigenvalue weighted by molar-refractivity contribution is -0.146. The van der Waals surface area contributed by atoms with Gasteiger partial charge in [0.2, 0.25) is 5.91 Å². The SMILES string of the molecule is CC[C@@H](C)[C@H](NC(=O)OC(C)(C)C)C(=O)N[C@H](C(=O)OC)C(C)C. The largest absolute Gasteiger partial charge is 0.467 e. The van der Waals surface area contributed by atoms with Gasteiger partial charge < -0.3 is 20.1 Å². The molecule has 0 aromatic carbocycles. The van der Waals surface area contributed by atoms with Crippen molar-refractivity contribution in [2.24, 2.45) is 11.8 Å². The van der Waals surface area contributed by atoms with Crippen molar-refractivity contribution in [1.29, 1.82) is 0 Å². The van der Waals surface area contributed by atoms with Crippen molar-refractivity contribution in [1.82, 2.24) is 10.6 Å². The fourth-order valence-corrected chi connectivity index (χ4v) is 2.00. The van der Waals surface area contributed by atoms with E-state index in [1.807, 2.05) is 13.8 Å². The number of methoxy groups -OCH3 is 1. The summed E-state index contributed by atoms with van der Waals surface area (Å²) in [5.41, 5.74) is -0.660. The number of alkyl carbamates (subject to hydrolysis) is 1. The van der Waals surface area contributed by atoms with Gasteiger partial charge in [0.05, 0.1) is 7.11 Å². The highest BCUT2D eigenvalue weighted by molar-refractivity contribution is 5.90. The van der Waals surface area contributed by atoms with Gasteiger partial charge >= 0.3 is 12.1 Å². The zero-order valence-corrected chi connectivity index (χ0v) is 16.1. The van der Waals surface area contributed by atoms with E-state index < -0.39 is 35.7 Å². The Morgan fingerprint density at radius 1 is 1.00 bits per heavy atom. The molecule has 0 aliphatic heterocycles. The first-order valence-electron chi connectivity index (χ1n) is 8.30. The van der Waals surface area contributed by atoms with E-state index in [1.54, 1.807) is 34.6 Å². The average Bonchev–Trinajstić information content (AvgIpc) is 2.46. The molecule has 0 spiro atoms. The zero-order valence-electron chi connectivity index (χ0n) is 16.1. The Balaban J connectivity index is 5.13. The maximum atomic E-state index is 12.6. The summed E-state index contributed by atoms with van der Waals surface area (Å²) in [6, 6.07) is -1.56. The van der Waals surface area contributed by atoms with Crippen LogP contribution in [-0.2, 0) is 19.1 Å². The topological polar surface area (TPSA) is 93.7 Å². The van der Waals surface area contributed by atoms with Gasteiger partial charge in [0, 0.05) is 0 Å². The molecular weight excluding hydrogens is 312 g/mol. The summed E-state index contributed by atoms with van der Waals surface area (Å²) in [6.07, 6.45) is 0.0143. The van der Waals surface area contributed by atoms with Crippen LogP contribution in [-0.4, -0.2) is 42.8 Å². The van der Waals surface area contributed by atoms with Gasteiger partial charge in [0.25, 0.3) is 0 Å². The van der Waals surface area contributed by atoms with E-state index in [0.717, 1.165) is 0 Å². The van der Waals surface area contributed by atoms with Gasteiger partial charge in [-0.25, -0.2) is 9.59 Å². The third-order valence-electron chi connectivity index (χ3n) is 3.59. The number of hydrogen-bond donors (Lipinski definition) is 2. The van der Waals surface area contributed by atoms with Crippen LogP contribution in [0.25, 0.3) is 0 Å². The number of ether oxygens (including phenoxy) is 2. The maximum Gasteiger partial charge on any atom is 0.408 e. The molecule has 0 saturated heterocycles. The summed E-state index contributed by atoms with van der Waals surface area (Å²) in [6.45, 7) is 12.6. The summed E-state index contributed by atoms with van der Waals surface area (Å²) < 4.78 is 9.93. The smallest absolute Gasteiger partial charge is 0.408 e. The Labute approximate surface area is 144 Å². The summed E-state index contributed by atoms with van der Waals surface area (Å²) in [5, 5.41) is 5.27. The van der Waals surface area contributed by atoms with Gasteiger partial charge in [-0.3, -0.25) is 4.79 Å². The van der Waals surface area contributed by atoms with E-state index in [0.29, 0.717) is 6.42 Å². The first-order valence-corrected chi connectivity index (χ1v) is 8.30. The lowest BCUT2D eigenvalue weighted by Crippen LogP contribution is -2.56. The van der Waals surface area contributed by atoms with Crippen molar-refractivity contribution in [3.8, 4) is 0 Å². The Bertz CT molecular complexity index is 443.